The lowest BCUT2D eigenvalue weighted by Gasteiger charge is -2.28. The lowest BCUT2D eigenvalue weighted by molar-refractivity contribution is 0.358. The van der Waals surface area contributed by atoms with Crippen molar-refractivity contribution in [3.05, 3.63) is 6.07 Å². The molecule has 100 valence electrons. The molecule has 1 saturated carbocycles. The Balaban J connectivity index is 2.03. The molecule has 1 heterocycles. The highest BCUT2D eigenvalue weighted by Crippen LogP contribution is 2.26. The lowest BCUT2D eigenvalue weighted by Crippen LogP contribution is -2.26. The number of nitrogen functional groups attached to an aromatic ring is 1. The number of hydrogen-bond acceptors (Lipinski definition) is 5. The third-order valence-corrected chi connectivity index (χ3v) is 3.39. The van der Waals surface area contributed by atoms with Gasteiger partial charge in [-0.1, -0.05) is 19.8 Å². The Morgan fingerprint density at radius 2 is 2.11 bits per heavy atom. The first-order valence-corrected chi connectivity index (χ1v) is 6.82. The molecule has 0 radical (unpaired) electrons. The second-order valence-corrected chi connectivity index (χ2v) is 5.14. The van der Waals surface area contributed by atoms with Crippen LogP contribution in [0.4, 0.5) is 17.6 Å². The van der Waals surface area contributed by atoms with E-state index in [1.54, 1.807) is 0 Å². The number of nitrogens with one attached hydrogen (secondary N) is 2. The number of nitrogens with two attached hydrogens (primary N) is 1. The fourth-order valence-corrected chi connectivity index (χ4v) is 2.59. The zero-order valence-corrected chi connectivity index (χ0v) is 11.2. The molecule has 5 nitrogen and oxygen atoms in total. The summed E-state index contributed by atoms with van der Waals surface area (Å²) in [4.78, 5) is 8.40. The van der Waals surface area contributed by atoms with Gasteiger partial charge in [0, 0.05) is 18.7 Å². The van der Waals surface area contributed by atoms with Crippen molar-refractivity contribution in [2.75, 3.05) is 22.9 Å². The average molecular weight is 249 g/mol. The minimum atomic E-state index is 0.319. The summed E-state index contributed by atoms with van der Waals surface area (Å²) < 4.78 is 0. The van der Waals surface area contributed by atoms with Crippen LogP contribution in [0.3, 0.4) is 0 Å². The number of nitrogens with zero attached hydrogens (tertiary/aromatic N) is 2. The summed E-state index contributed by atoms with van der Waals surface area (Å²) in [6, 6.07) is 2.44. The van der Waals surface area contributed by atoms with Crippen molar-refractivity contribution in [1.82, 2.24) is 9.97 Å². The second kappa shape index (κ2) is 5.89. The summed E-state index contributed by atoms with van der Waals surface area (Å²) in [5.41, 5.74) is 5.72. The number of aromatic nitrogens is 2. The second-order valence-electron chi connectivity index (χ2n) is 5.14. The van der Waals surface area contributed by atoms with Crippen LogP contribution in [-0.4, -0.2) is 22.6 Å². The van der Waals surface area contributed by atoms with Gasteiger partial charge in [-0.15, -0.1) is 0 Å². The van der Waals surface area contributed by atoms with Crippen LogP contribution in [0, 0.1) is 5.92 Å². The van der Waals surface area contributed by atoms with Gasteiger partial charge in [0.2, 0.25) is 5.95 Å². The molecule has 0 aliphatic heterocycles. The van der Waals surface area contributed by atoms with Crippen molar-refractivity contribution in [3.8, 4) is 0 Å². The van der Waals surface area contributed by atoms with E-state index in [0.29, 0.717) is 12.0 Å². The van der Waals surface area contributed by atoms with Gasteiger partial charge in [-0.05, 0) is 25.7 Å². The summed E-state index contributed by atoms with van der Waals surface area (Å²) >= 11 is 0. The molecule has 0 saturated heterocycles. The van der Waals surface area contributed by atoms with E-state index in [9.17, 15) is 0 Å². The topological polar surface area (TPSA) is 75.9 Å². The summed E-state index contributed by atoms with van der Waals surface area (Å²) in [6.45, 7) is 5.18. The highest BCUT2D eigenvalue weighted by atomic mass is 15.1. The van der Waals surface area contributed by atoms with Crippen LogP contribution in [0.2, 0.25) is 0 Å². The van der Waals surface area contributed by atoms with Gasteiger partial charge in [0.05, 0.1) is 0 Å². The molecule has 18 heavy (non-hydrogen) atoms. The summed E-state index contributed by atoms with van der Waals surface area (Å²) in [7, 11) is 0. The quantitative estimate of drug-likeness (QED) is 0.764. The first-order valence-electron chi connectivity index (χ1n) is 6.82. The van der Waals surface area contributed by atoms with Gasteiger partial charge < -0.3 is 16.4 Å². The standard InChI is InChI=1S/C13H23N5/c1-3-15-11-8-12(18-13(14)17-11)16-10-6-4-5-9(2)7-10/h8-10H,3-7H2,1-2H3,(H4,14,15,16,17,18). The summed E-state index contributed by atoms with van der Waals surface area (Å²) in [5, 5.41) is 6.64. The summed E-state index contributed by atoms with van der Waals surface area (Å²) in [6.07, 6.45) is 5.05. The van der Waals surface area contributed by atoms with E-state index in [1.807, 2.05) is 13.0 Å². The van der Waals surface area contributed by atoms with E-state index in [2.05, 4.69) is 27.5 Å². The molecule has 1 fully saturated rings. The van der Waals surface area contributed by atoms with Crippen LogP contribution in [0.1, 0.15) is 39.5 Å². The number of hydrogen-bond donors (Lipinski definition) is 3. The Kier molecular flexibility index (Phi) is 4.23. The van der Waals surface area contributed by atoms with Crippen molar-refractivity contribution in [2.45, 2.75) is 45.6 Å². The number of anilines is 3. The molecule has 0 aromatic carbocycles. The van der Waals surface area contributed by atoms with Gasteiger partial charge in [0.1, 0.15) is 11.6 Å². The smallest absolute Gasteiger partial charge is 0.223 e. The summed E-state index contributed by atoms with van der Waals surface area (Å²) in [5.74, 6) is 2.73. The van der Waals surface area contributed by atoms with E-state index in [1.165, 1.54) is 25.7 Å². The molecule has 4 N–H and O–H groups in total. The fraction of sp³-hybridized carbons (Fsp3) is 0.692. The highest BCUT2D eigenvalue weighted by molar-refractivity contribution is 5.51. The molecule has 1 aromatic rings. The van der Waals surface area contributed by atoms with Gasteiger partial charge in [-0.2, -0.15) is 9.97 Å². The first-order chi connectivity index (χ1) is 8.67. The maximum absolute atomic E-state index is 5.72. The molecule has 2 atom stereocenters. The first kappa shape index (κ1) is 12.9. The molecule has 0 spiro atoms. The molecule has 0 bridgehead atoms. The fourth-order valence-electron chi connectivity index (χ4n) is 2.59. The molecular formula is C13H23N5. The van der Waals surface area contributed by atoms with Gasteiger partial charge in [0.15, 0.2) is 0 Å². The van der Waals surface area contributed by atoms with E-state index < -0.39 is 0 Å². The van der Waals surface area contributed by atoms with Crippen LogP contribution in [-0.2, 0) is 0 Å². The van der Waals surface area contributed by atoms with Crippen molar-refractivity contribution < 1.29 is 0 Å². The van der Waals surface area contributed by atoms with Crippen LogP contribution in [0.15, 0.2) is 6.07 Å². The van der Waals surface area contributed by atoms with Crippen LogP contribution >= 0.6 is 0 Å². The van der Waals surface area contributed by atoms with Gasteiger partial charge in [-0.3, -0.25) is 0 Å². The van der Waals surface area contributed by atoms with Gasteiger partial charge in [0.25, 0.3) is 0 Å². The average Bonchev–Trinajstić information content (AvgIpc) is 2.28. The lowest BCUT2D eigenvalue weighted by atomic mass is 9.87. The Labute approximate surface area is 109 Å². The zero-order valence-electron chi connectivity index (χ0n) is 11.2. The molecule has 5 heteroatoms. The Bertz CT molecular complexity index is 393. The molecule has 2 rings (SSSR count). The molecular weight excluding hydrogens is 226 g/mol. The maximum atomic E-state index is 5.72. The third kappa shape index (κ3) is 3.48. The van der Waals surface area contributed by atoms with Crippen molar-refractivity contribution in [3.63, 3.8) is 0 Å². The third-order valence-electron chi connectivity index (χ3n) is 3.39. The predicted octanol–water partition coefficient (Wildman–Crippen LogP) is 2.48. The highest BCUT2D eigenvalue weighted by Gasteiger charge is 2.19. The molecule has 1 aliphatic carbocycles. The van der Waals surface area contributed by atoms with E-state index >= 15 is 0 Å². The molecule has 1 aromatic heterocycles. The molecule has 1 aliphatic rings. The van der Waals surface area contributed by atoms with Crippen molar-refractivity contribution in [1.29, 1.82) is 0 Å². The van der Waals surface area contributed by atoms with E-state index in [4.69, 9.17) is 5.73 Å². The van der Waals surface area contributed by atoms with Crippen LogP contribution in [0.25, 0.3) is 0 Å². The van der Waals surface area contributed by atoms with E-state index in [-0.39, 0.29) is 0 Å². The molecule has 2 unspecified atom stereocenters. The molecule has 0 amide bonds. The maximum Gasteiger partial charge on any atom is 0.223 e. The predicted molar refractivity (Wildman–Crippen MR) is 75.7 cm³/mol. The monoisotopic (exact) mass is 249 g/mol. The van der Waals surface area contributed by atoms with Crippen molar-refractivity contribution >= 4 is 17.6 Å². The van der Waals surface area contributed by atoms with Gasteiger partial charge in [-0.25, -0.2) is 0 Å². The van der Waals surface area contributed by atoms with Crippen LogP contribution in [0.5, 0.6) is 0 Å². The van der Waals surface area contributed by atoms with Gasteiger partial charge >= 0.3 is 0 Å². The largest absolute Gasteiger partial charge is 0.370 e. The number of rotatable bonds is 4. The van der Waals surface area contributed by atoms with Crippen molar-refractivity contribution in [2.24, 2.45) is 5.92 Å². The Morgan fingerprint density at radius 1 is 1.33 bits per heavy atom. The SMILES string of the molecule is CCNc1cc(NC2CCCC(C)C2)nc(N)n1. The zero-order chi connectivity index (χ0) is 13.0. The van der Waals surface area contributed by atoms with Crippen LogP contribution < -0.4 is 16.4 Å². The minimum absolute atomic E-state index is 0.319. The van der Waals surface area contributed by atoms with E-state index in [0.717, 1.165) is 24.1 Å². The Hall–Kier alpha value is -1.52. The Morgan fingerprint density at radius 3 is 2.83 bits per heavy atom. The minimum Gasteiger partial charge on any atom is -0.370 e. The normalized spacial score (nSPS) is 23.7.